The van der Waals surface area contributed by atoms with Crippen molar-refractivity contribution in [2.75, 3.05) is 39.3 Å². The van der Waals surface area contributed by atoms with Crippen molar-refractivity contribution in [2.45, 2.75) is 57.9 Å². The first kappa shape index (κ1) is 43.3. The summed E-state index contributed by atoms with van der Waals surface area (Å²) in [6, 6.07) is 34.1. The highest BCUT2D eigenvalue weighted by Gasteiger charge is 2.41. The number of benzene rings is 4. The average Bonchev–Trinajstić information content (AvgIpc) is 3.15. The van der Waals surface area contributed by atoms with Crippen LogP contribution in [0.15, 0.2) is 103 Å². The van der Waals surface area contributed by atoms with Crippen LogP contribution < -0.4 is 10.6 Å². The van der Waals surface area contributed by atoms with Crippen molar-refractivity contribution in [1.29, 1.82) is 0 Å². The molecule has 52 heavy (non-hydrogen) atoms. The Kier molecular flexibility index (Phi) is 16.5. The zero-order valence-corrected chi connectivity index (χ0v) is 33.3. The lowest BCUT2D eigenvalue weighted by Crippen LogP contribution is -2.63. The fraction of sp³-hybridized carbons (Fsp3) is 0.366. The Bertz CT molecular complexity index is 1720. The third kappa shape index (κ3) is 9.69. The van der Waals surface area contributed by atoms with Gasteiger partial charge in [-0.25, -0.2) is 0 Å². The van der Waals surface area contributed by atoms with Crippen molar-refractivity contribution < 1.29 is 9.59 Å². The van der Waals surface area contributed by atoms with Gasteiger partial charge in [0.1, 0.15) is 6.04 Å². The number of rotatable bonds is 11. The monoisotopic (exact) mass is 785 g/mol. The van der Waals surface area contributed by atoms with Gasteiger partial charge in [-0.05, 0) is 71.9 Å². The highest BCUT2D eigenvalue weighted by molar-refractivity contribution is 6.30. The fourth-order valence-electron chi connectivity index (χ4n) is 7.56. The Morgan fingerprint density at radius 1 is 0.808 bits per heavy atom. The molecule has 2 amide bonds. The number of halogens is 4. The summed E-state index contributed by atoms with van der Waals surface area (Å²) in [5.74, 6) is -0.190. The van der Waals surface area contributed by atoms with E-state index in [1.165, 1.54) is 27.8 Å². The second-order valence-electron chi connectivity index (χ2n) is 13.2. The van der Waals surface area contributed by atoms with Crippen molar-refractivity contribution in [1.82, 2.24) is 25.3 Å². The first-order chi connectivity index (χ1) is 23.8. The van der Waals surface area contributed by atoms with Gasteiger partial charge in [0, 0.05) is 44.2 Å². The third-order valence-corrected chi connectivity index (χ3v) is 10.7. The summed E-state index contributed by atoms with van der Waals surface area (Å²) in [5, 5.41) is 7.17. The normalized spacial score (nSPS) is 17.3. The molecule has 280 valence electrons. The zero-order valence-electron chi connectivity index (χ0n) is 30.1. The van der Waals surface area contributed by atoms with E-state index in [4.69, 9.17) is 11.6 Å². The van der Waals surface area contributed by atoms with Crippen molar-refractivity contribution in [3.05, 3.63) is 130 Å². The summed E-state index contributed by atoms with van der Waals surface area (Å²) in [6.07, 6.45) is 0.995. The van der Waals surface area contributed by atoms with E-state index in [0.717, 1.165) is 31.7 Å². The lowest BCUT2D eigenvalue weighted by Gasteiger charge is -2.51. The molecule has 1 saturated heterocycles. The van der Waals surface area contributed by atoms with Crippen LogP contribution in [0.5, 0.6) is 0 Å². The molecule has 2 N–H and O–H groups in total. The molecule has 2 aliphatic rings. The lowest BCUT2D eigenvalue weighted by molar-refractivity contribution is -0.141. The summed E-state index contributed by atoms with van der Waals surface area (Å²) < 4.78 is 0. The number of carbonyl (C=O) groups excluding carboxylic acids is 2. The number of nitrogens with one attached hydrogen (secondary N) is 2. The lowest BCUT2D eigenvalue weighted by atomic mass is 9.93. The van der Waals surface area contributed by atoms with Gasteiger partial charge >= 0.3 is 0 Å². The van der Waals surface area contributed by atoms with Gasteiger partial charge in [-0.15, -0.1) is 37.2 Å². The van der Waals surface area contributed by atoms with Gasteiger partial charge in [0.05, 0.1) is 11.7 Å². The van der Waals surface area contributed by atoms with Crippen LogP contribution in [0.1, 0.15) is 43.0 Å². The molecule has 2 aliphatic heterocycles. The molecule has 0 saturated carbocycles. The number of amides is 2. The largest absolute Gasteiger partial charge is 0.343 e. The maximum atomic E-state index is 14.3. The topological polar surface area (TPSA) is 67.9 Å². The SMILES string of the molecule is CCN(CC)C(C)(c1ccc(-c2ccccc2)cc1)N1CCN(C(=O)C(Cc2ccc(Cl)cc2)NC(=O)C2Cc3ccccc3CN2)CC1.Cl.Cl.Cl. The van der Waals surface area contributed by atoms with Crippen LogP contribution in [0.2, 0.25) is 5.02 Å². The summed E-state index contributed by atoms with van der Waals surface area (Å²) in [7, 11) is 0. The quantitative estimate of drug-likeness (QED) is 0.166. The summed E-state index contributed by atoms with van der Waals surface area (Å²) in [6.45, 7) is 11.8. The molecule has 2 heterocycles. The maximum Gasteiger partial charge on any atom is 0.245 e. The first-order valence-corrected chi connectivity index (χ1v) is 18.0. The molecule has 11 heteroatoms. The maximum absolute atomic E-state index is 14.3. The highest BCUT2D eigenvalue weighted by atomic mass is 35.5. The molecule has 4 aromatic rings. The van der Waals surface area contributed by atoms with E-state index in [1.807, 2.05) is 47.4 Å². The predicted octanol–water partition coefficient (Wildman–Crippen LogP) is 7.37. The number of piperazine rings is 1. The van der Waals surface area contributed by atoms with E-state index in [-0.39, 0.29) is 54.7 Å². The molecule has 4 aromatic carbocycles. The second kappa shape index (κ2) is 19.8. The Morgan fingerprint density at radius 3 is 2.00 bits per heavy atom. The molecule has 0 bridgehead atoms. The number of carbonyl (C=O) groups is 2. The number of hydrogen-bond donors (Lipinski definition) is 2. The number of fused-ring (bicyclic) bond motifs is 1. The minimum Gasteiger partial charge on any atom is -0.343 e. The highest BCUT2D eigenvalue weighted by Crippen LogP contribution is 2.35. The van der Waals surface area contributed by atoms with E-state index < -0.39 is 12.1 Å². The van der Waals surface area contributed by atoms with E-state index in [9.17, 15) is 9.59 Å². The molecule has 0 aliphatic carbocycles. The summed E-state index contributed by atoms with van der Waals surface area (Å²) in [5.41, 5.74) is 6.64. The minimum absolute atomic E-state index is 0. The molecular weight excluding hydrogens is 736 g/mol. The first-order valence-electron chi connectivity index (χ1n) is 17.6. The van der Waals surface area contributed by atoms with Crippen molar-refractivity contribution in [2.24, 2.45) is 0 Å². The van der Waals surface area contributed by atoms with Crippen LogP contribution in [0.3, 0.4) is 0 Å². The Labute approximate surface area is 332 Å². The number of nitrogens with zero attached hydrogens (tertiary/aromatic N) is 3. The summed E-state index contributed by atoms with van der Waals surface area (Å²) in [4.78, 5) is 34.9. The van der Waals surface area contributed by atoms with Crippen molar-refractivity contribution >= 4 is 60.6 Å². The molecule has 3 atom stereocenters. The van der Waals surface area contributed by atoms with Crippen LogP contribution in [0.4, 0.5) is 0 Å². The van der Waals surface area contributed by atoms with E-state index in [2.05, 4.69) is 102 Å². The standard InChI is InChI=1S/C41H48ClN5O2.3ClH/c1-4-46(5-2)41(3,35-19-17-32(18-20-35)31-11-7-6-8-12-31)47-25-23-45(24-26-47)40(49)38(27-30-15-21-36(42)22-16-30)44-39(48)37-28-33-13-9-10-14-34(33)29-43-37;;;/h6-22,37-38,43H,4-5,23-29H2,1-3H3,(H,44,48);3*1H. The molecule has 3 unspecified atom stereocenters. The minimum atomic E-state index is -0.682. The van der Waals surface area contributed by atoms with E-state index in [0.29, 0.717) is 37.5 Å². The van der Waals surface area contributed by atoms with Crippen LogP contribution >= 0.6 is 48.8 Å². The third-order valence-electron chi connectivity index (χ3n) is 10.5. The Hall–Kier alpha value is -3.14. The van der Waals surface area contributed by atoms with Gasteiger partial charge in [0.15, 0.2) is 0 Å². The van der Waals surface area contributed by atoms with Crippen LogP contribution in [0, 0.1) is 0 Å². The van der Waals surface area contributed by atoms with Crippen LogP contribution in [-0.4, -0.2) is 77.9 Å². The van der Waals surface area contributed by atoms with Gasteiger partial charge in [0.25, 0.3) is 0 Å². The van der Waals surface area contributed by atoms with Gasteiger partial charge in [-0.1, -0.05) is 116 Å². The number of hydrogen-bond acceptors (Lipinski definition) is 5. The molecule has 0 aromatic heterocycles. The molecule has 0 spiro atoms. The smallest absolute Gasteiger partial charge is 0.245 e. The van der Waals surface area contributed by atoms with Crippen molar-refractivity contribution in [3.8, 4) is 11.1 Å². The predicted molar refractivity (Wildman–Crippen MR) is 220 cm³/mol. The second-order valence-corrected chi connectivity index (χ2v) is 13.7. The molecule has 6 rings (SSSR count). The Morgan fingerprint density at radius 2 is 1.38 bits per heavy atom. The fourth-order valence-corrected chi connectivity index (χ4v) is 7.69. The van der Waals surface area contributed by atoms with E-state index in [1.54, 1.807) is 0 Å². The Balaban J connectivity index is 0.00000243. The van der Waals surface area contributed by atoms with Gasteiger partial charge < -0.3 is 15.5 Å². The van der Waals surface area contributed by atoms with Gasteiger partial charge in [0.2, 0.25) is 11.8 Å². The molecular formula is C41H51Cl4N5O2. The summed E-state index contributed by atoms with van der Waals surface area (Å²) >= 11 is 6.17. The van der Waals surface area contributed by atoms with Crippen molar-refractivity contribution in [3.63, 3.8) is 0 Å². The average molecular weight is 788 g/mol. The molecule has 1 fully saturated rings. The van der Waals surface area contributed by atoms with Gasteiger partial charge in [-0.2, -0.15) is 0 Å². The van der Waals surface area contributed by atoms with Crippen LogP contribution in [-0.2, 0) is 34.6 Å². The van der Waals surface area contributed by atoms with Crippen LogP contribution in [0.25, 0.3) is 11.1 Å². The molecule has 7 nitrogen and oxygen atoms in total. The molecule has 0 radical (unpaired) electrons. The van der Waals surface area contributed by atoms with Gasteiger partial charge in [-0.3, -0.25) is 19.4 Å². The van der Waals surface area contributed by atoms with E-state index >= 15 is 0 Å². The zero-order chi connectivity index (χ0) is 34.4.